The zero-order valence-corrected chi connectivity index (χ0v) is 7.69. The van der Waals surface area contributed by atoms with Gasteiger partial charge in [0.05, 0.1) is 6.33 Å². The Balaban J connectivity index is 2.99. The van der Waals surface area contributed by atoms with E-state index in [9.17, 15) is 0 Å². The number of fused-ring (bicyclic) bond motifs is 1. The van der Waals surface area contributed by atoms with Crippen LogP contribution in [0.4, 0.5) is 0 Å². The number of nitriles is 1. The average molecular weight is 213 g/mol. The summed E-state index contributed by atoms with van der Waals surface area (Å²) in [6, 6.07) is 1.92. The number of hydrogen-bond acceptors (Lipinski definition) is 3. The maximum absolute atomic E-state index is 8.75. The van der Waals surface area contributed by atoms with E-state index in [1.807, 2.05) is 6.07 Å². The Morgan fingerprint density at radius 2 is 2.15 bits per heavy atom. The lowest BCUT2D eigenvalue weighted by Gasteiger charge is -1.96. The van der Waals surface area contributed by atoms with Gasteiger partial charge in [0, 0.05) is 0 Å². The summed E-state index contributed by atoms with van der Waals surface area (Å²) in [4.78, 5) is 10.5. The van der Waals surface area contributed by atoms with Crippen LogP contribution in [0.3, 0.4) is 0 Å². The van der Waals surface area contributed by atoms with Crippen LogP contribution in [0.1, 0.15) is 5.56 Å². The number of nitrogens with one attached hydrogen (secondary N) is 1. The fourth-order valence-corrected chi connectivity index (χ4v) is 1.52. The lowest BCUT2D eigenvalue weighted by molar-refractivity contribution is 1.32. The van der Waals surface area contributed by atoms with Gasteiger partial charge in [0.1, 0.15) is 22.7 Å². The molecule has 2 heterocycles. The van der Waals surface area contributed by atoms with Crippen LogP contribution in [0.5, 0.6) is 0 Å². The standard InChI is InChI=1S/C7H2Cl2N4/c8-6-3(1-10)4-5(7(9)13-6)12-2-11-4/h2H,(H,11,12). The Morgan fingerprint density at radius 3 is 2.85 bits per heavy atom. The first-order valence-electron chi connectivity index (χ1n) is 3.32. The van der Waals surface area contributed by atoms with Crippen molar-refractivity contribution in [1.29, 1.82) is 5.26 Å². The number of pyridine rings is 1. The Hall–Kier alpha value is -1.31. The maximum atomic E-state index is 8.75. The van der Waals surface area contributed by atoms with Crippen LogP contribution >= 0.6 is 23.2 Å². The normalized spacial score (nSPS) is 10.2. The lowest BCUT2D eigenvalue weighted by Crippen LogP contribution is -1.87. The van der Waals surface area contributed by atoms with Crippen molar-refractivity contribution in [2.75, 3.05) is 0 Å². The molecule has 0 amide bonds. The van der Waals surface area contributed by atoms with Crippen molar-refractivity contribution >= 4 is 34.2 Å². The van der Waals surface area contributed by atoms with Crippen LogP contribution in [0.15, 0.2) is 6.33 Å². The maximum Gasteiger partial charge on any atom is 0.156 e. The molecule has 0 saturated carbocycles. The monoisotopic (exact) mass is 212 g/mol. The molecule has 0 radical (unpaired) electrons. The molecule has 0 bridgehead atoms. The highest BCUT2D eigenvalue weighted by Crippen LogP contribution is 2.26. The second-order valence-electron chi connectivity index (χ2n) is 2.31. The molecule has 13 heavy (non-hydrogen) atoms. The minimum atomic E-state index is 0.0760. The number of nitrogens with zero attached hydrogens (tertiary/aromatic N) is 3. The molecule has 1 N–H and O–H groups in total. The number of aromatic nitrogens is 3. The van der Waals surface area contributed by atoms with E-state index in [-0.39, 0.29) is 15.9 Å². The first-order chi connectivity index (χ1) is 6.24. The summed E-state index contributed by atoms with van der Waals surface area (Å²) in [5.41, 5.74) is 1.22. The first-order valence-corrected chi connectivity index (χ1v) is 4.08. The third kappa shape index (κ3) is 1.13. The van der Waals surface area contributed by atoms with Crippen molar-refractivity contribution in [2.45, 2.75) is 0 Å². The van der Waals surface area contributed by atoms with Gasteiger partial charge >= 0.3 is 0 Å². The van der Waals surface area contributed by atoms with Gasteiger partial charge in [-0.3, -0.25) is 0 Å². The Labute approximate surface area is 83.1 Å². The molecule has 0 aromatic carbocycles. The zero-order chi connectivity index (χ0) is 9.42. The van der Waals surface area contributed by atoms with Crippen molar-refractivity contribution in [3.63, 3.8) is 0 Å². The summed E-state index contributed by atoms with van der Waals surface area (Å²) in [6.07, 6.45) is 1.44. The molecule has 6 heteroatoms. The van der Waals surface area contributed by atoms with Crippen LogP contribution in [0, 0.1) is 11.3 Å². The minimum absolute atomic E-state index is 0.0760. The molecule has 0 unspecified atom stereocenters. The van der Waals surface area contributed by atoms with Gasteiger partial charge in [-0.1, -0.05) is 23.2 Å². The van der Waals surface area contributed by atoms with E-state index in [0.717, 1.165) is 0 Å². The van der Waals surface area contributed by atoms with Crippen molar-refractivity contribution < 1.29 is 0 Å². The lowest BCUT2D eigenvalue weighted by atomic mass is 10.3. The van der Waals surface area contributed by atoms with Crippen molar-refractivity contribution in [2.24, 2.45) is 0 Å². The summed E-state index contributed by atoms with van der Waals surface area (Å²) in [6.45, 7) is 0. The number of aromatic amines is 1. The summed E-state index contributed by atoms with van der Waals surface area (Å²) in [5, 5.41) is 9.05. The Morgan fingerprint density at radius 1 is 1.38 bits per heavy atom. The Kier molecular flexibility index (Phi) is 1.83. The molecular weight excluding hydrogens is 211 g/mol. The van der Waals surface area contributed by atoms with Crippen molar-refractivity contribution in [3.05, 3.63) is 22.2 Å². The fraction of sp³-hybridized carbons (Fsp3) is 0. The quantitative estimate of drug-likeness (QED) is 0.681. The highest BCUT2D eigenvalue weighted by Gasteiger charge is 2.12. The van der Waals surface area contributed by atoms with E-state index in [4.69, 9.17) is 28.5 Å². The van der Waals surface area contributed by atoms with Crippen LogP contribution < -0.4 is 0 Å². The van der Waals surface area contributed by atoms with Gasteiger partial charge in [-0.15, -0.1) is 0 Å². The highest BCUT2D eigenvalue weighted by molar-refractivity contribution is 6.36. The molecule has 2 rings (SSSR count). The first kappa shape index (κ1) is 8.30. The molecule has 0 saturated heterocycles. The van der Waals surface area contributed by atoms with Gasteiger partial charge in [-0.25, -0.2) is 9.97 Å². The smallest absolute Gasteiger partial charge is 0.156 e. The Bertz CT molecular complexity index is 511. The average Bonchev–Trinajstić information content (AvgIpc) is 2.53. The van der Waals surface area contributed by atoms with Crippen LogP contribution in [0.2, 0.25) is 10.3 Å². The molecule has 0 atom stereocenters. The van der Waals surface area contributed by atoms with Gasteiger partial charge in [0.15, 0.2) is 10.3 Å². The van der Waals surface area contributed by atoms with Gasteiger partial charge in [-0.2, -0.15) is 5.26 Å². The van der Waals surface area contributed by atoms with E-state index in [1.165, 1.54) is 6.33 Å². The van der Waals surface area contributed by atoms with Crippen LogP contribution in [-0.4, -0.2) is 15.0 Å². The topological polar surface area (TPSA) is 65.4 Å². The van der Waals surface area contributed by atoms with Crippen molar-refractivity contribution in [1.82, 2.24) is 15.0 Å². The summed E-state index contributed by atoms with van der Waals surface area (Å²) in [7, 11) is 0. The summed E-state index contributed by atoms with van der Waals surface area (Å²) >= 11 is 11.5. The number of rotatable bonds is 0. The fourth-order valence-electron chi connectivity index (χ4n) is 1.04. The summed E-state index contributed by atoms with van der Waals surface area (Å²) in [5.74, 6) is 0. The van der Waals surface area contributed by atoms with E-state index in [1.54, 1.807) is 0 Å². The van der Waals surface area contributed by atoms with Gasteiger partial charge in [0.25, 0.3) is 0 Å². The van der Waals surface area contributed by atoms with E-state index in [2.05, 4.69) is 15.0 Å². The molecule has 0 fully saturated rings. The van der Waals surface area contributed by atoms with E-state index in [0.29, 0.717) is 11.0 Å². The van der Waals surface area contributed by atoms with Gasteiger partial charge in [0.2, 0.25) is 0 Å². The number of H-pyrrole nitrogens is 1. The van der Waals surface area contributed by atoms with Crippen LogP contribution in [0.25, 0.3) is 11.0 Å². The molecule has 4 nitrogen and oxygen atoms in total. The summed E-state index contributed by atoms with van der Waals surface area (Å²) < 4.78 is 0. The van der Waals surface area contributed by atoms with E-state index < -0.39 is 0 Å². The van der Waals surface area contributed by atoms with Gasteiger partial charge in [-0.05, 0) is 0 Å². The third-order valence-corrected chi connectivity index (χ3v) is 2.14. The van der Waals surface area contributed by atoms with Gasteiger partial charge < -0.3 is 4.98 Å². The number of hydrogen-bond donors (Lipinski definition) is 1. The molecule has 0 aliphatic heterocycles. The van der Waals surface area contributed by atoms with Crippen molar-refractivity contribution in [3.8, 4) is 6.07 Å². The molecule has 0 spiro atoms. The number of imidazole rings is 1. The predicted molar refractivity (Wildman–Crippen MR) is 48.6 cm³/mol. The SMILES string of the molecule is N#Cc1c(Cl)nc(Cl)c2[nH]cnc12. The van der Waals surface area contributed by atoms with Crippen LogP contribution in [-0.2, 0) is 0 Å². The molecule has 0 aliphatic carbocycles. The molecular formula is C7H2Cl2N4. The third-order valence-electron chi connectivity index (χ3n) is 1.60. The minimum Gasteiger partial charge on any atom is -0.342 e. The molecule has 2 aromatic rings. The zero-order valence-electron chi connectivity index (χ0n) is 6.17. The van der Waals surface area contributed by atoms with E-state index >= 15 is 0 Å². The molecule has 2 aromatic heterocycles. The second-order valence-corrected chi connectivity index (χ2v) is 3.02. The highest BCUT2D eigenvalue weighted by atomic mass is 35.5. The second kappa shape index (κ2) is 2.87. The largest absolute Gasteiger partial charge is 0.342 e. The molecule has 0 aliphatic rings. The number of halogens is 2. The predicted octanol–water partition coefficient (Wildman–Crippen LogP) is 2.14. The molecule has 64 valence electrons.